The molecule has 1 heterocycles. The number of nitrogens with zero attached hydrogens (tertiary/aromatic N) is 1. The van der Waals surface area contributed by atoms with E-state index in [1.54, 1.807) is 35.6 Å². The highest BCUT2D eigenvalue weighted by Crippen LogP contribution is 2.19. The van der Waals surface area contributed by atoms with Crippen LogP contribution in [-0.4, -0.2) is 24.0 Å². The molecule has 1 N–H and O–H groups in total. The van der Waals surface area contributed by atoms with E-state index in [1.807, 2.05) is 42.6 Å². The topological polar surface area (TPSA) is 77.5 Å². The molecule has 0 aliphatic heterocycles. The average molecular weight is 410 g/mol. The van der Waals surface area contributed by atoms with Gasteiger partial charge in [0.1, 0.15) is 12.4 Å². The highest BCUT2D eigenvalue weighted by molar-refractivity contribution is 7.09. The number of rotatable bonds is 8. The van der Waals surface area contributed by atoms with Crippen molar-refractivity contribution in [3.8, 4) is 5.75 Å². The van der Waals surface area contributed by atoms with Crippen molar-refractivity contribution in [2.75, 3.05) is 7.11 Å². The quantitative estimate of drug-likeness (QED) is 0.567. The summed E-state index contributed by atoms with van der Waals surface area (Å²) >= 11 is 1.58. The molecular formula is C22H22N2O4S. The van der Waals surface area contributed by atoms with Crippen LogP contribution in [0.1, 0.15) is 39.1 Å². The number of esters is 1. The molecule has 0 saturated carbocycles. The maximum atomic E-state index is 12.7. The number of hydrogen-bond donors (Lipinski definition) is 1. The number of carbonyl (C=O) groups is 2. The van der Waals surface area contributed by atoms with E-state index in [4.69, 9.17) is 9.47 Å². The second kappa shape index (κ2) is 9.84. The van der Waals surface area contributed by atoms with Crippen LogP contribution in [0.25, 0.3) is 0 Å². The van der Waals surface area contributed by atoms with Gasteiger partial charge in [-0.05, 0) is 36.8 Å². The number of aromatic nitrogens is 1. The highest BCUT2D eigenvalue weighted by Gasteiger charge is 2.19. The van der Waals surface area contributed by atoms with Crippen molar-refractivity contribution < 1.29 is 19.1 Å². The number of benzene rings is 2. The Balaban J connectivity index is 1.64. The van der Waals surface area contributed by atoms with Crippen molar-refractivity contribution >= 4 is 23.2 Å². The third kappa shape index (κ3) is 5.89. The molecule has 2 aromatic carbocycles. The van der Waals surface area contributed by atoms with Gasteiger partial charge in [-0.3, -0.25) is 9.59 Å². The molecular weight excluding hydrogens is 388 g/mol. The summed E-state index contributed by atoms with van der Waals surface area (Å²) in [5.41, 5.74) is 2.19. The lowest BCUT2D eigenvalue weighted by atomic mass is 10.0. The molecule has 0 aliphatic carbocycles. The van der Waals surface area contributed by atoms with Crippen LogP contribution in [0.2, 0.25) is 0 Å². The molecule has 1 atom stereocenters. The number of methoxy groups -OCH3 is 1. The minimum Gasteiger partial charge on any atom is -0.487 e. The monoisotopic (exact) mass is 410 g/mol. The Hall–Kier alpha value is -3.19. The highest BCUT2D eigenvalue weighted by atomic mass is 32.1. The summed E-state index contributed by atoms with van der Waals surface area (Å²) in [6.07, 6.45) is 0.0561. The second-order valence-corrected chi connectivity index (χ2v) is 7.45. The van der Waals surface area contributed by atoms with Crippen LogP contribution in [0.4, 0.5) is 0 Å². The summed E-state index contributed by atoms with van der Waals surface area (Å²) in [6.45, 7) is 2.33. The van der Waals surface area contributed by atoms with Gasteiger partial charge in [0.25, 0.3) is 5.91 Å². The molecule has 1 amide bonds. The minimum atomic E-state index is -0.472. The Morgan fingerprint density at radius 1 is 1.10 bits per heavy atom. The minimum absolute atomic E-state index is 0.0561. The summed E-state index contributed by atoms with van der Waals surface area (Å²) < 4.78 is 10.5. The molecule has 7 heteroatoms. The molecule has 0 spiro atoms. The smallest absolute Gasteiger partial charge is 0.307 e. The second-order valence-electron chi connectivity index (χ2n) is 6.39. The van der Waals surface area contributed by atoms with Gasteiger partial charge in [0.05, 0.1) is 30.3 Å². The first kappa shape index (κ1) is 20.5. The molecule has 6 nitrogen and oxygen atoms in total. The first-order valence-corrected chi connectivity index (χ1v) is 9.99. The maximum Gasteiger partial charge on any atom is 0.307 e. The van der Waals surface area contributed by atoms with E-state index < -0.39 is 6.04 Å². The van der Waals surface area contributed by atoms with E-state index in [-0.39, 0.29) is 18.3 Å². The largest absolute Gasteiger partial charge is 0.487 e. The molecule has 0 saturated heterocycles. The predicted molar refractivity (Wildman–Crippen MR) is 111 cm³/mol. The van der Waals surface area contributed by atoms with E-state index in [0.717, 1.165) is 16.3 Å². The first-order chi connectivity index (χ1) is 14.0. The molecule has 1 aromatic heterocycles. The van der Waals surface area contributed by atoms with Crippen molar-refractivity contribution in [3.05, 3.63) is 81.8 Å². The van der Waals surface area contributed by atoms with E-state index in [9.17, 15) is 9.59 Å². The average Bonchev–Trinajstić information content (AvgIpc) is 3.17. The molecule has 3 rings (SSSR count). The third-order valence-electron chi connectivity index (χ3n) is 4.28. The normalized spacial score (nSPS) is 11.5. The lowest BCUT2D eigenvalue weighted by Crippen LogP contribution is -2.30. The lowest BCUT2D eigenvalue weighted by Gasteiger charge is -2.18. The Morgan fingerprint density at radius 3 is 2.45 bits per heavy atom. The van der Waals surface area contributed by atoms with E-state index in [2.05, 4.69) is 10.3 Å². The molecule has 0 bridgehead atoms. The molecule has 29 heavy (non-hydrogen) atoms. The maximum absolute atomic E-state index is 12.7. The summed E-state index contributed by atoms with van der Waals surface area (Å²) in [7, 11) is 1.33. The van der Waals surface area contributed by atoms with Crippen molar-refractivity contribution in [1.29, 1.82) is 0 Å². The van der Waals surface area contributed by atoms with Gasteiger partial charge in [0.15, 0.2) is 0 Å². The zero-order valence-corrected chi connectivity index (χ0v) is 17.1. The van der Waals surface area contributed by atoms with E-state index in [0.29, 0.717) is 17.9 Å². The summed E-state index contributed by atoms with van der Waals surface area (Å²) in [5.74, 6) is -0.00835. The third-order valence-corrected chi connectivity index (χ3v) is 5.10. The Morgan fingerprint density at radius 2 is 1.83 bits per heavy atom. The standard InChI is InChI=1S/C22H22N2O4S/c1-15-23-18(14-29-15)13-28-19-10-8-17(9-11-19)22(26)24-20(12-21(25)27-2)16-6-4-3-5-7-16/h3-11,14,20H,12-13H2,1-2H3,(H,24,26)/t20-/m1/s1. The van der Waals surface area contributed by atoms with Crippen molar-refractivity contribution in [2.45, 2.75) is 26.0 Å². The van der Waals surface area contributed by atoms with Crippen LogP contribution in [-0.2, 0) is 16.1 Å². The van der Waals surface area contributed by atoms with Crippen LogP contribution in [0, 0.1) is 6.92 Å². The number of nitrogens with one attached hydrogen (secondary N) is 1. The van der Waals surface area contributed by atoms with Gasteiger partial charge in [0, 0.05) is 10.9 Å². The van der Waals surface area contributed by atoms with Crippen molar-refractivity contribution in [2.24, 2.45) is 0 Å². The van der Waals surface area contributed by atoms with Crippen LogP contribution >= 0.6 is 11.3 Å². The Bertz CT molecular complexity index is 954. The first-order valence-electron chi connectivity index (χ1n) is 9.11. The van der Waals surface area contributed by atoms with E-state index in [1.165, 1.54) is 7.11 Å². The van der Waals surface area contributed by atoms with Gasteiger partial charge in [-0.2, -0.15) is 0 Å². The van der Waals surface area contributed by atoms with Crippen LogP contribution in [0.3, 0.4) is 0 Å². The molecule has 0 unspecified atom stereocenters. The number of aryl methyl sites for hydroxylation is 1. The summed E-state index contributed by atoms with van der Waals surface area (Å²) in [5, 5.41) is 5.86. The molecule has 0 radical (unpaired) electrons. The van der Waals surface area contributed by atoms with Crippen molar-refractivity contribution in [3.63, 3.8) is 0 Å². The lowest BCUT2D eigenvalue weighted by molar-refractivity contribution is -0.141. The zero-order chi connectivity index (χ0) is 20.6. The zero-order valence-electron chi connectivity index (χ0n) is 16.3. The Labute approximate surface area is 173 Å². The molecule has 150 valence electrons. The van der Waals surface area contributed by atoms with Gasteiger partial charge in [-0.15, -0.1) is 11.3 Å². The number of amides is 1. The van der Waals surface area contributed by atoms with Crippen LogP contribution in [0.15, 0.2) is 60.0 Å². The predicted octanol–water partition coefficient (Wildman–Crippen LogP) is 4.06. The van der Waals surface area contributed by atoms with Crippen molar-refractivity contribution in [1.82, 2.24) is 10.3 Å². The van der Waals surface area contributed by atoms with Crippen LogP contribution < -0.4 is 10.1 Å². The summed E-state index contributed by atoms with van der Waals surface area (Å²) in [4.78, 5) is 28.8. The van der Waals surface area contributed by atoms with Gasteiger partial charge in [0.2, 0.25) is 0 Å². The van der Waals surface area contributed by atoms with Gasteiger partial charge in [-0.25, -0.2) is 4.98 Å². The van der Waals surface area contributed by atoms with Crippen LogP contribution in [0.5, 0.6) is 5.75 Å². The van der Waals surface area contributed by atoms with Gasteiger partial charge in [-0.1, -0.05) is 30.3 Å². The van der Waals surface area contributed by atoms with Gasteiger partial charge >= 0.3 is 5.97 Å². The fourth-order valence-corrected chi connectivity index (χ4v) is 3.36. The van der Waals surface area contributed by atoms with Gasteiger partial charge < -0.3 is 14.8 Å². The number of hydrogen-bond acceptors (Lipinski definition) is 6. The molecule has 0 aliphatic rings. The fraction of sp³-hybridized carbons (Fsp3) is 0.227. The Kier molecular flexibility index (Phi) is 6.97. The molecule has 0 fully saturated rings. The SMILES string of the molecule is COC(=O)C[C@@H](NC(=O)c1ccc(OCc2csc(C)n2)cc1)c1ccccc1. The number of carbonyl (C=O) groups excluding carboxylic acids is 2. The number of ether oxygens (including phenoxy) is 2. The summed E-state index contributed by atoms with van der Waals surface area (Å²) in [6, 6.07) is 15.7. The fourth-order valence-electron chi connectivity index (χ4n) is 2.76. The number of thiazole rings is 1. The van der Waals surface area contributed by atoms with E-state index >= 15 is 0 Å². The molecule has 3 aromatic rings.